The van der Waals surface area contributed by atoms with Crippen LogP contribution in [0.15, 0.2) is 5.38 Å². The molecule has 0 saturated carbocycles. The summed E-state index contributed by atoms with van der Waals surface area (Å²) in [6.45, 7) is 4.14. The number of aromatic nitrogens is 1. The van der Waals surface area contributed by atoms with E-state index in [1.165, 1.54) is 12.1 Å². The fraction of sp³-hybridized carbons (Fsp3) is 0.667. The first-order valence-electron chi connectivity index (χ1n) is 4.38. The largest absolute Gasteiger partial charge is 0.300 e. The lowest BCUT2D eigenvalue weighted by Crippen LogP contribution is -2.19. The summed E-state index contributed by atoms with van der Waals surface area (Å²) in [4.78, 5) is 6.73. The molecule has 4 heteroatoms. The van der Waals surface area contributed by atoms with Gasteiger partial charge in [0.25, 0.3) is 0 Å². The monoisotopic (exact) mass is 262 g/mol. The molecule has 0 aliphatic heterocycles. The zero-order chi connectivity index (χ0) is 9.68. The van der Waals surface area contributed by atoms with Gasteiger partial charge in [0.05, 0.1) is 10.7 Å². The Morgan fingerprint density at radius 2 is 2.38 bits per heavy atom. The van der Waals surface area contributed by atoms with E-state index in [0.717, 1.165) is 23.4 Å². The quantitative estimate of drug-likeness (QED) is 0.759. The SMILES string of the molecule is Cc1nc(CN(C)CCCBr)cs1. The summed E-state index contributed by atoms with van der Waals surface area (Å²) in [7, 11) is 2.14. The highest BCUT2D eigenvalue weighted by Crippen LogP contribution is 2.09. The van der Waals surface area contributed by atoms with Crippen molar-refractivity contribution >= 4 is 27.3 Å². The second kappa shape index (κ2) is 5.73. The van der Waals surface area contributed by atoms with Gasteiger partial charge < -0.3 is 4.90 Å². The van der Waals surface area contributed by atoms with Crippen molar-refractivity contribution in [2.75, 3.05) is 18.9 Å². The Morgan fingerprint density at radius 1 is 1.62 bits per heavy atom. The lowest BCUT2D eigenvalue weighted by Gasteiger charge is -2.13. The molecule has 1 heterocycles. The van der Waals surface area contributed by atoms with Crippen molar-refractivity contribution < 1.29 is 0 Å². The maximum atomic E-state index is 4.42. The predicted molar refractivity (Wildman–Crippen MR) is 61.6 cm³/mol. The molecule has 1 aromatic heterocycles. The van der Waals surface area contributed by atoms with Gasteiger partial charge in [0, 0.05) is 17.3 Å². The molecular formula is C9H15BrN2S. The molecule has 0 aliphatic rings. The van der Waals surface area contributed by atoms with E-state index in [-0.39, 0.29) is 0 Å². The smallest absolute Gasteiger partial charge is 0.0897 e. The molecule has 0 bridgehead atoms. The van der Waals surface area contributed by atoms with Crippen LogP contribution in [0.5, 0.6) is 0 Å². The van der Waals surface area contributed by atoms with Crippen molar-refractivity contribution in [1.82, 2.24) is 9.88 Å². The highest BCUT2D eigenvalue weighted by Gasteiger charge is 2.02. The van der Waals surface area contributed by atoms with Crippen molar-refractivity contribution in [2.45, 2.75) is 19.9 Å². The molecule has 0 unspecified atom stereocenters. The molecule has 74 valence electrons. The van der Waals surface area contributed by atoms with E-state index in [1.54, 1.807) is 11.3 Å². The number of nitrogens with zero attached hydrogens (tertiary/aromatic N) is 2. The topological polar surface area (TPSA) is 16.1 Å². The predicted octanol–water partition coefficient (Wildman–Crippen LogP) is 2.67. The molecule has 0 fully saturated rings. The summed E-state index contributed by atoms with van der Waals surface area (Å²) in [6, 6.07) is 0. The number of rotatable bonds is 5. The van der Waals surface area contributed by atoms with Crippen molar-refractivity contribution in [1.29, 1.82) is 0 Å². The van der Waals surface area contributed by atoms with Crippen LogP contribution in [0, 0.1) is 6.92 Å². The van der Waals surface area contributed by atoms with Gasteiger partial charge >= 0.3 is 0 Å². The Hall–Kier alpha value is 0.0700. The van der Waals surface area contributed by atoms with E-state index in [1.807, 2.05) is 6.92 Å². The van der Waals surface area contributed by atoms with Gasteiger partial charge in [0.1, 0.15) is 0 Å². The maximum absolute atomic E-state index is 4.42. The molecule has 0 radical (unpaired) electrons. The second-order valence-corrected chi connectivity index (χ2v) is 4.99. The average Bonchev–Trinajstić information content (AvgIpc) is 2.48. The number of alkyl halides is 1. The summed E-state index contributed by atoms with van der Waals surface area (Å²) in [5.74, 6) is 0. The van der Waals surface area contributed by atoms with Crippen LogP contribution in [0.3, 0.4) is 0 Å². The number of hydrogen-bond acceptors (Lipinski definition) is 3. The Bertz CT molecular complexity index is 250. The molecule has 0 N–H and O–H groups in total. The summed E-state index contributed by atoms with van der Waals surface area (Å²) in [5.41, 5.74) is 1.19. The first-order valence-corrected chi connectivity index (χ1v) is 6.38. The van der Waals surface area contributed by atoms with Crippen LogP contribution in [-0.2, 0) is 6.54 Å². The second-order valence-electron chi connectivity index (χ2n) is 3.14. The Labute approximate surface area is 92.1 Å². The maximum Gasteiger partial charge on any atom is 0.0897 e. The minimum atomic E-state index is 0.970. The molecule has 1 rings (SSSR count). The zero-order valence-electron chi connectivity index (χ0n) is 8.09. The van der Waals surface area contributed by atoms with E-state index in [2.05, 4.69) is 38.2 Å². The minimum absolute atomic E-state index is 0.970. The summed E-state index contributed by atoms with van der Waals surface area (Å²) < 4.78 is 0. The van der Waals surface area contributed by atoms with Crippen molar-refractivity contribution in [3.8, 4) is 0 Å². The van der Waals surface area contributed by atoms with Crippen LogP contribution < -0.4 is 0 Å². The minimum Gasteiger partial charge on any atom is -0.300 e. The third-order valence-corrected chi connectivity index (χ3v) is 3.16. The molecular weight excluding hydrogens is 248 g/mol. The number of thiazole rings is 1. The standard InChI is InChI=1S/C9H15BrN2S/c1-8-11-9(7-13-8)6-12(2)5-3-4-10/h7H,3-6H2,1-2H3. The van der Waals surface area contributed by atoms with Gasteiger partial charge in [-0.05, 0) is 26.9 Å². The van der Waals surface area contributed by atoms with E-state index >= 15 is 0 Å². The van der Waals surface area contributed by atoms with Crippen LogP contribution in [-0.4, -0.2) is 28.8 Å². The molecule has 0 aliphatic carbocycles. The summed E-state index contributed by atoms with van der Waals surface area (Å²) in [5, 5.41) is 4.37. The molecule has 0 spiro atoms. The van der Waals surface area contributed by atoms with Gasteiger partial charge in [-0.25, -0.2) is 4.98 Å². The van der Waals surface area contributed by atoms with Gasteiger partial charge in [0.15, 0.2) is 0 Å². The fourth-order valence-electron chi connectivity index (χ4n) is 1.17. The van der Waals surface area contributed by atoms with E-state index in [0.29, 0.717) is 0 Å². The third-order valence-electron chi connectivity index (χ3n) is 1.77. The van der Waals surface area contributed by atoms with E-state index < -0.39 is 0 Å². The third kappa shape index (κ3) is 4.20. The van der Waals surface area contributed by atoms with E-state index in [4.69, 9.17) is 0 Å². The highest BCUT2D eigenvalue weighted by atomic mass is 79.9. The van der Waals surface area contributed by atoms with Crippen LogP contribution in [0.2, 0.25) is 0 Å². The summed E-state index contributed by atoms with van der Waals surface area (Å²) in [6.07, 6.45) is 1.19. The van der Waals surface area contributed by atoms with Gasteiger partial charge in [0.2, 0.25) is 0 Å². The van der Waals surface area contributed by atoms with Crippen LogP contribution in [0.25, 0.3) is 0 Å². The fourth-order valence-corrected chi connectivity index (χ4v) is 2.02. The lowest BCUT2D eigenvalue weighted by molar-refractivity contribution is 0.325. The van der Waals surface area contributed by atoms with Crippen molar-refractivity contribution in [2.24, 2.45) is 0 Å². The molecule has 0 amide bonds. The molecule has 1 aromatic rings. The number of hydrogen-bond donors (Lipinski definition) is 0. The molecule has 0 saturated heterocycles. The Morgan fingerprint density at radius 3 is 2.92 bits per heavy atom. The first-order chi connectivity index (χ1) is 6.22. The molecule has 2 nitrogen and oxygen atoms in total. The Balaban J connectivity index is 2.31. The van der Waals surface area contributed by atoms with Gasteiger partial charge in [-0.1, -0.05) is 15.9 Å². The van der Waals surface area contributed by atoms with Gasteiger partial charge in [-0.15, -0.1) is 11.3 Å². The normalized spacial score (nSPS) is 11.1. The highest BCUT2D eigenvalue weighted by molar-refractivity contribution is 9.09. The first kappa shape index (κ1) is 11.1. The molecule has 0 atom stereocenters. The summed E-state index contributed by atoms with van der Waals surface area (Å²) >= 11 is 5.15. The van der Waals surface area contributed by atoms with Crippen LogP contribution in [0.1, 0.15) is 17.1 Å². The van der Waals surface area contributed by atoms with Crippen molar-refractivity contribution in [3.63, 3.8) is 0 Å². The van der Waals surface area contributed by atoms with Gasteiger partial charge in [-0.3, -0.25) is 0 Å². The number of aryl methyl sites for hydroxylation is 1. The van der Waals surface area contributed by atoms with Crippen LogP contribution >= 0.6 is 27.3 Å². The van der Waals surface area contributed by atoms with Crippen LogP contribution in [0.4, 0.5) is 0 Å². The Kier molecular flexibility index (Phi) is 4.91. The lowest BCUT2D eigenvalue weighted by atomic mass is 10.4. The average molecular weight is 263 g/mol. The van der Waals surface area contributed by atoms with Crippen molar-refractivity contribution in [3.05, 3.63) is 16.1 Å². The number of halogens is 1. The van der Waals surface area contributed by atoms with E-state index in [9.17, 15) is 0 Å². The van der Waals surface area contributed by atoms with Gasteiger partial charge in [-0.2, -0.15) is 0 Å². The molecule has 13 heavy (non-hydrogen) atoms. The zero-order valence-corrected chi connectivity index (χ0v) is 10.5. The molecule has 0 aromatic carbocycles.